The lowest BCUT2D eigenvalue weighted by atomic mass is 10.0. The van der Waals surface area contributed by atoms with Crippen LogP contribution in [0, 0.1) is 11.6 Å². The van der Waals surface area contributed by atoms with Crippen LogP contribution in [0.3, 0.4) is 0 Å². The third-order valence-electron chi connectivity index (χ3n) is 6.16. The molecule has 3 unspecified atom stereocenters. The topological polar surface area (TPSA) is 58.1 Å². The van der Waals surface area contributed by atoms with Crippen molar-refractivity contribution in [2.45, 2.75) is 24.4 Å². The summed E-state index contributed by atoms with van der Waals surface area (Å²) in [5, 5.41) is 6.72. The first-order valence-corrected chi connectivity index (χ1v) is 11.0. The van der Waals surface area contributed by atoms with Crippen molar-refractivity contribution >= 4 is 29.9 Å². The van der Waals surface area contributed by atoms with Gasteiger partial charge in [0.25, 0.3) is 0 Å². The smallest absolute Gasteiger partial charge is 0.191 e. The molecule has 1 saturated carbocycles. The molecule has 1 saturated heterocycles. The Balaban J connectivity index is 0.00000306. The van der Waals surface area contributed by atoms with Crippen LogP contribution in [0.15, 0.2) is 47.5 Å². The molecule has 180 valence electrons. The van der Waals surface area contributed by atoms with Crippen LogP contribution in [0.25, 0.3) is 0 Å². The Morgan fingerprint density at radius 1 is 1.15 bits per heavy atom. The van der Waals surface area contributed by atoms with E-state index in [1.165, 1.54) is 23.8 Å². The highest BCUT2D eigenvalue weighted by molar-refractivity contribution is 14.0. The Bertz CT molecular complexity index is 918. The Kier molecular flexibility index (Phi) is 9.27. The summed E-state index contributed by atoms with van der Waals surface area (Å²) in [6.45, 7) is 3.75. The van der Waals surface area contributed by atoms with E-state index >= 15 is 0 Å². The van der Waals surface area contributed by atoms with Gasteiger partial charge in [-0.3, -0.25) is 9.89 Å². The molecule has 0 spiro atoms. The quantitative estimate of drug-likeness (QED) is 0.301. The van der Waals surface area contributed by atoms with E-state index in [1.54, 1.807) is 14.2 Å². The molecule has 9 heteroatoms. The van der Waals surface area contributed by atoms with E-state index in [0.29, 0.717) is 32.1 Å². The van der Waals surface area contributed by atoms with Crippen LogP contribution in [0.1, 0.15) is 29.5 Å². The first kappa shape index (κ1) is 25.6. The molecular weight excluding hydrogens is 541 g/mol. The van der Waals surface area contributed by atoms with Crippen LogP contribution in [0.2, 0.25) is 0 Å². The van der Waals surface area contributed by atoms with Crippen molar-refractivity contribution in [3.63, 3.8) is 0 Å². The molecule has 3 atom stereocenters. The number of hydrogen-bond donors (Lipinski definition) is 2. The number of halogens is 3. The maximum absolute atomic E-state index is 14.1. The number of ether oxygens (including phenoxy) is 2. The van der Waals surface area contributed by atoms with E-state index in [9.17, 15) is 8.78 Å². The van der Waals surface area contributed by atoms with Crippen molar-refractivity contribution in [2.75, 3.05) is 47.0 Å². The minimum atomic E-state index is -0.492. The molecule has 4 rings (SSSR count). The summed E-state index contributed by atoms with van der Waals surface area (Å²) in [7, 11) is 3.36. The van der Waals surface area contributed by atoms with Crippen molar-refractivity contribution in [2.24, 2.45) is 4.99 Å². The zero-order chi connectivity index (χ0) is 22.5. The normalized spacial score (nSPS) is 21.6. The van der Waals surface area contributed by atoms with E-state index in [4.69, 9.17) is 9.47 Å². The van der Waals surface area contributed by atoms with Gasteiger partial charge in [-0.1, -0.05) is 18.2 Å². The molecule has 6 nitrogen and oxygen atoms in total. The van der Waals surface area contributed by atoms with Crippen LogP contribution < -0.4 is 15.4 Å². The number of guanidine groups is 1. The highest BCUT2D eigenvalue weighted by atomic mass is 127. The summed E-state index contributed by atoms with van der Waals surface area (Å²) in [6.07, 6.45) is 0.671. The molecule has 1 aliphatic heterocycles. The average molecular weight is 572 g/mol. The van der Waals surface area contributed by atoms with Gasteiger partial charge in [0.1, 0.15) is 17.4 Å². The number of hydrogen-bond acceptors (Lipinski definition) is 4. The van der Waals surface area contributed by atoms with Crippen molar-refractivity contribution in [1.29, 1.82) is 0 Å². The van der Waals surface area contributed by atoms with Crippen LogP contribution >= 0.6 is 24.0 Å². The maximum atomic E-state index is 14.1. The minimum absolute atomic E-state index is 0. The van der Waals surface area contributed by atoms with Gasteiger partial charge in [0, 0.05) is 44.2 Å². The monoisotopic (exact) mass is 572 g/mol. The predicted octanol–water partition coefficient (Wildman–Crippen LogP) is 3.69. The first-order valence-electron chi connectivity index (χ1n) is 11.0. The zero-order valence-corrected chi connectivity index (χ0v) is 21.2. The third kappa shape index (κ3) is 6.33. The van der Waals surface area contributed by atoms with Gasteiger partial charge in [0.05, 0.1) is 26.4 Å². The number of morpholine rings is 1. The molecule has 0 radical (unpaired) electrons. The molecule has 2 aromatic carbocycles. The van der Waals surface area contributed by atoms with E-state index in [0.717, 1.165) is 18.8 Å². The van der Waals surface area contributed by atoms with Crippen molar-refractivity contribution < 1.29 is 18.3 Å². The van der Waals surface area contributed by atoms with E-state index in [1.807, 2.05) is 12.1 Å². The Morgan fingerprint density at radius 2 is 1.82 bits per heavy atom. The summed E-state index contributed by atoms with van der Waals surface area (Å²) in [5.74, 6) is 0.274. The summed E-state index contributed by atoms with van der Waals surface area (Å²) in [4.78, 5) is 6.71. The summed E-state index contributed by atoms with van der Waals surface area (Å²) in [5.41, 5.74) is 1.33. The molecule has 2 aromatic rings. The van der Waals surface area contributed by atoms with Gasteiger partial charge < -0.3 is 20.1 Å². The summed E-state index contributed by atoms with van der Waals surface area (Å²) in [6, 6.07) is 12.2. The van der Waals surface area contributed by atoms with E-state index in [-0.39, 0.29) is 47.5 Å². The Morgan fingerprint density at radius 3 is 2.42 bits per heavy atom. The number of rotatable bonds is 7. The zero-order valence-electron chi connectivity index (χ0n) is 18.9. The predicted molar refractivity (Wildman–Crippen MR) is 136 cm³/mol. The molecule has 0 amide bonds. The van der Waals surface area contributed by atoms with Crippen LogP contribution in [0.4, 0.5) is 8.78 Å². The number of methoxy groups -OCH3 is 1. The highest BCUT2D eigenvalue weighted by Gasteiger charge is 2.42. The van der Waals surface area contributed by atoms with Crippen molar-refractivity contribution in [1.82, 2.24) is 15.5 Å². The first-order chi connectivity index (χ1) is 15.6. The maximum Gasteiger partial charge on any atom is 0.191 e. The number of aliphatic imine (C=N–C) groups is 1. The molecule has 2 aliphatic rings. The highest BCUT2D eigenvalue weighted by Crippen LogP contribution is 2.43. The molecule has 2 N–H and O–H groups in total. The van der Waals surface area contributed by atoms with Gasteiger partial charge in [-0.15, -0.1) is 24.0 Å². The molecule has 0 aromatic heterocycles. The van der Waals surface area contributed by atoms with Gasteiger partial charge in [0.15, 0.2) is 5.96 Å². The number of benzene rings is 2. The molecule has 1 aliphatic carbocycles. The Labute approximate surface area is 210 Å². The fourth-order valence-electron chi connectivity index (χ4n) is 4.28. The lowest BCUT2D eigenvalue weighted by Crippen LogP contribution is -2.46. The minimum Gasteiger partial charge on any atom is -0.497 e. The van der Waals surface area contributed by atoms with Crippen molar-refractivity contribution in [3.05, 3.63) is 65.2 Å². The molecule has 33 heavy (non-hydrogen) atoms. The van der Waals surface area contributed by atoms with Crippen molar-refractivity contribution in [3.8, 4) is 5.75 Å². The van der Waals surface area contributed by atoms with Gasteiger partial charge >= 0.3 is 0 Å². The van der Waals surface area contributed by atoms with Gasteiger partial charge in [-0.05, 0) is 36.2 Å². The van der Waals surface area contributed by atoms with Crippen LogP contribution in [0.5, 0.6) is 5.75 Å². The molecule has 0 bridgehead atoms. The van der Waals surface area contributed by atoms with Gasteiger partial charge in [0.2, 0.25) is 0 Å². The average Bonchev–Trinajstić information content (AvgIpc) is 3.57. The largest absolute Gasteiger partial charge is 0.497 e. The lowest BCUT2D eigenvalue weighted by Gasteiger charge is -2.35. The SMILES string of the molecule is CN=C(NCC(c1ccc(OC)cc1)N1CCOCC1)NC1CC1c1c(F)cccc1F.I. The second-order valence-corrected chi connectivity index (χ2v) is 8.12. The van der Waals surface area contributed by atoms with E-state index < -0.39 is 11.6 Å². The second-order valence-electron chi connectivity index (χ2n) is 8.12. The standard InChI is InChI=1S/C24H30F2N4O2.HI/c1-27-24(29-21-14-18(21)23-19(25)4-3-5-20(23)26)28-15-22(30-10-12-32-13-11-30)16-6-8-17(31-2)9-7-16;/h3-9,18,21-22H,10-15H2,1-2H3,(H2,27,28,29);1H. The molecule has 2 fully saturated rings. The third-order valence-corrected chi connectivity index (χ3v) is 6.16. The fraction of sp³-hybridized carbons (Fsp3) is 0.458. The lowest BCUT2D eigenvalue weighted by molar-refractivity contribution is 0.0170. The molecular formula is C24H31F2IN4O2. The van der Waals surface area contributed by atoms with E-state index in [2.05, 4.69) is 32.7 Å². The molecule has 1 heterocycles. The van der Waals surface area contributed by atoms with Crippen LogP contribution in [-0.4, -0.2) is 63.9 Å². The second kappa shape index (κ2) is 11.9. The van der Waals surface area contributed by atoms with Crippen LogP contribution in [-0.2, 0) is 4.74 Å². The van der Waals surface area contributed by atoms with Gasteiger partial charge in [-0.2, -0.15) is 0 Å². The fourth-order valence-corrected chi connectivity index (χ4v) is 4.28. The summed E-state index contributed by atoms with van der Waals surface area (Å²) >= 11 is 0. The Hall–Kier alpha value is -1.98. The number of nitrogens with one attached hydrogen (secondary N) is 2. The summed E-state index contributed by atoms with van der Waals surface area (Å²) < 4.78 is 39.0. The van der Waals surface area contributed by atoms with Gasteiger partial charge in [-0.25, -0.2) is 8.78 Å². The number of nitrogens with zero attached hydrogens (tertiary/aromatic N) is 2.